The van der Waals surface area contributed by atoms with Gasteiger partial charge in [0.1, 0.15) is 0 Å². The SMILES string of the molecule is O=C(O)c1cccc(-c2ccccc2)c1CSc1ccccc1. The number of carboxylic acids is 1. The second-order valence-electron chi connectivity index (χ2n) is 5.10. The molecule has 3 aromatic carbocycles. The fourth-order valence-electron chi connectivity index (χ4n) is 2.50. The lowest BCUT2D eigenvalue weighted by atomic mass is 9.96. The van der Waals surface area contributed by atoms with Crippen molar-refractivity contribution in [1.29, 1.82) is 0 Å². The van der Waals surface area contributed by atoms with Gasteiger partial charge in [-0.25, -0.2) is 4.79 Å². The normalized spacial score (nSPS) is 10.4. The first-order valence-corrected chi connectivity index (χ1v) is 8.33. The van der Waals surface area contributed by atoms with Crippen molar-refractivity contribution in [1.82, 2.24) is 0 Å². The molecule has 0 aliphatic carbocycles. The Morgan fingerprint density at radius 2 is 1.48 bits per heavy atom. The maximum Gasteiger partial charge on any atom is 0.336 e. The molecule has 1 N–H and O–H groups in total. The number of rotatable bonds is 5. The predicted molar refractivity (Wildman–Crippen MR) is 94.8 cm³/mol. The Balaban J connectivity index is 2.00. The molecule has 3 heteroatoms. The van der Waals surface area contributed by atoms with E-state index in [1.807, 2.05) is 72.8 Å². The van der Waals surface area contributed by atoms with Crippen LogP contribution in [0.1, 0.15) is 15.9 Å². The molecule has 3 aromatic rings. The average molecular weight is 320 g/mol. The van der Waals surface area contributed by atoms with E-state index in [1.54, 1.807) is 17.8 Å². The Kier molecular flexibility index (Phi) is 4.79. The minimum absolute atomic E-state index is 0.370. The van der Waals surface area contributed by atoms with E-state index < -0.39 is 5.97 Å². The summed E-state index contributed by atoms with van der Waals surface area (Å²) in [5.41, 5.74) is 3.25. The molecule has 0 bridgehead atoms. The molecule has 0 unspecified atom stereocenters. The molecule has 2 nitrogen and oxygen atoms in total. The van der Waals surface area contributed by atoms with Gasteiger partial charge in [-0.05, 0) is 34.9 Å². The van der Waals surface area contributed by atoms with Gasteiger partial charge in [0, 0.05) is 10.6 Å². The van der Waals surface area contributed by atoms with Crippen molar-refractivity contribution in [2.24, 2.45) is 0 Å². The number of hydrogen-bond acceptors (Lipinski definition) is 2. The summed E-state index contributed by atoms with van der Waals surface area (Å²) in [5, 5.41) is 9.52. The van der Waals surface area contributed by atoms with Gasteiger partial charge in [-0.15, -0.1) is 11.8 Å². The van der Waals surface area contributed by atoms with Crippen LogP contribution in [-0.4, -0.2) is 11.1 Å². The summed E-state index contributed by atoms with van der Waals surface area (Å²) in [4.78, 5) is 12.7. The van der Waals surface area contributed by atoms with Gasteiger partial charge in [-0.1, -0.05) is 60.7 Å². The summed E-state index contributed by atoms with van der Waals surface area (Å²) in [6.45, 7) is 0. The van der Waals surface area contributed by atoms with Gasteiger partial charge in [-0.2, -0.15) is 0 Å². The van der Waals surface area contributed by atoms with Gasteiger partial charge in [-0.3, -0.25) is 0 Å². The summed E-state index contributed by atoms with van der Waals surface area (Å²) in [6, 6.07) is 25.4. The lowest BCUT2D eigenvalue weighted by molar-refractivity contribution is 0.0696. The summed E-state index contributed by atoms with van der Waals surface area (Å²) in [5.74, 6) is -0.261. The van der Waals surface area contributed by atoms with Crippen LogP contribution < -0.4 is 0 Å². The highest BCUT2D eigenvalue weighted by atomic mass is 32.2. The number of carboxylic acid groups (broad SMARTS) is 1. The molecule has 0 aromatic heterocycles. The van der Waals surface area contributed by atoms with E-state index in [0.717, 1.165) is 21.6 Å². The first kappa shape index (κ1) is 15.4. The van der Waals surface area contributed by atoms with Crippen LogP contribution in [-0.2, 0) is 5.75 Å². The van der Waals surface area contributed by atoms with Crippen molar-refractivity contribution < 1.29 is 9.90 Å². The van der Waals surface area contributed by atoms with E-state index in [2.05, 4.69) is 0 Å². The summed E-state index contributed by atoms with van der Waals surface area (Å²) in [6.07, 6.45) is 0. The predicted octanol–water partition coefficient (Wildman–Crippen LogP) is 5.34. The topological polar surface area (TPSA) is 37.3 Å². The molecule has 23 heavy (non-hydrogen) atoms. The Bertz CT molecular complexity index is 798. The quantitative estimate of drug-likeness (QED) is 0.644. The zero-order valence-corrected chi connectivity index (χ0v) is 13.3. The first-order chi connectivity index (χ1) is 11.3. The van der Waals surface area contributed by atoms with Gasteiger partial charge >= 0.3 is 5.97 Å². The van der Waals surface area contributed by atoms with Crippen LogP contribution >= 0.6 is 11.8 Å². The van der Waals surface area contributed by atoms with Gasteiger partial charge < -0.3 is 5.11 Å². The fourth-order valence-corrected chi connectivity index (χ4v) is 3.47. The van der Waals surface area contributed by atoms with Gasteiger partial charge in [0.25, 0.3) is 0 Å². The largest absolute Gasteiger partial charge is 0.478 e. The molecule has 0 saturated carbocycles. The zero-order valence-electron chi connectivity index (χ0n) is 12.5. The van der Waals surface area contributed by atoms with Crippen LogP contribution in [0.25, 0.3) is 11.1 Å². The van der Waals surface area contributed by atoms with E-state index in [9.17, 15) is 9.90 Å². The molecule has 0 fully saturated rings. The molecule has 0 heterocycles. The highest BCUT2D eigenvalue weighted by Gasteiger charge is 2.15. The maximum absolute atomic E-state index is 11.6. The Labute approximate surface area is 139 Å². The van der Waals surface area contributed by atoms with E-state index in [4.69, 9.17) is 0 Å². The Hall–Kier alpha value is -2.52. The van der Waals surface area contributed by atoms with Crippen molar-refractivity contribution in [2.45, 2.75) is 10.6 Å². The second kappa shape index (κ2) is 7.16. The molecule has 0 saturated heterocycles. The van der Waals surface area contributed by atoms with Gasteiger partial charge in [0.15, 0.2) is 0 Å². The smallest absolute Gasteiger partial charge is 0.336 e. The molecule has 0 spiro atoms. The minimum atomic E-state index is -0.883. The highest BCUT2D eigenvalue weighted by molar-refractivity contribution is 7.98. The van der Waals surface area contributed by atoms with E-state index in [0.29, 0.717) is 11.3 Å². The lowest BCUT2D eigenvalue weighted by Gasteiger charge is -2.13. The summed E-state index contributed by atoms with van der Waals surface area (Å²) < 4.78 is 0. The molecule has 0 aliphatic heterocycles. The van der Waals surface area contributed by atoms with Crippen LogP contribution in [0.2, 0.25) is 0 Å². The van der Waals surface area contributed by atoms with E-state index in [1.165, 1.54) is 0 Å². The van der Waals surface area contributed by atoms with Crippen molar-refractivity contribution in [2.75, 3.05) is 0 Å². The fraction of sp³-hybridized carbons (Fsp3) is 0.0500. The lowest BCUT2D eigenvalue weighted by Crippen LogP contribution is -2.03. The maximum atomic E-state index is 11.6. The first-order valence-electron chi connectivity index (χ1n) is 7.34. The Morgan fingerprint density at radius 1 is 0.826 bits per heavy atom. The number of thioether (sulfide) groups is 1. The van der Waals surface area contributed by atoms with Gasteiger partial charge in [0.05, 0.1) is 5.56 Å². The molecular weight excluding hydrogens is 304 g/mol. The molecule has 3 rings (SSSR count). The molecule has 0 aliphatic rings. The zero-order chi connectivity index (χ0) is 16.1. The molecular formula is C20H16O2S. The standard InChI is InChI=1S/C20H16O2S/c21-20(22)18-13-7-12-17(15-8-3-1-4-9-15)19(18)14-23-16-10-5-2-6-11-16/h1-13H,14H2,(H,21,22). The van der Waals surface area contributed by atoms with Crippen molar-refractivity contribution >= 4 is 17.7 Å². The van der Waals surface area contributed by atoms with Crippen LogP contribution in [0.5, 0.6) is 0 Å². The van der Waals surface area contributed by atoms with E-state index >= 15 is 0 Å². The van der Waals surface area contributed by atoms with Crippen LogP contribution in [0.3, 0.4) is 0 Å². The minimum Gasteiger partial charge on any atom is -0.478 e. The third-order valence-electron chi connectivity index (χ3n) is 3.62. The van der Waals surface area contributed by atoms with Crippen molar-refractivity contribution in [3.63, 3.8) is 0 Å². The number of aromatic carboxylic acids is 1. The third kappa shape index (κ3) is 3.63. The van der Waals surface area contributed by atoms with Crippen molar-refractivity contribution in [3.05, 3.63) is 90.0 Å². The van der Waals surface area contributed by atoms with Crippen LogP contribution in [0.4, 0.5) is 0 Å². The summed E-state index contributed by atoms with van der Waals surface area (Å²) >= 11 is 1.65. The molecule has 0 amide bonds. The number of benzene rings is 3. The number of carbonyl (C=O) groups is 1. The summed E-state index contributed by atoms with van der Waals surface area (Å²) in [7, 11) is 0. The monoisotopic (exact) mass is 320 g/mol. The van der Waals surface area contributed by atoms with Crippen molar-refractivity contribution in [3.8, 4) is 11.1 Å². The molecule has 114 valence electrons. The highest BCUT2D eigenvalue weighted by Crippen LogP contribution is 2.32. The van der Waals surface area contributed by atoms with Gasteiger partial charge in [0.2, 0.25) is 0 Å². The van der Waals surface area contributed by atoms with E-state index in [-0.39, 0.29) is 0 Å². The van der Waals surface area contributed by atoms with Crippen LogP contribution in [0.15, 0.2) is 83.8 Å². The molecule has 0 atom stereocenters. The Morgan fingerprint density at radius 3 is 2.13 bits per heavy atom. The number of hydrogen-bond donors (Lipinski definition) is 1. The third-order valence-corrected chi connectivity index (χ3v) is 4.66. The molecule has 0 radical (unpaired) electrons. The van der Waals surface area contributed by atoms with Crippen LogP contribution in [0, 0.1) is 0 Å². The average Bonchev–Trinajstić information content (AvgIpc) is 2.61. The second-order valence-corrected chi connectivity index (χ2v) is 6.15.